The standard InChI is InChI=1S/C10H7F2NO7/c11-10(12)20-4-1-5(8(15)9(16)17)6(3-14)7(2-4)13(18)19/h1-3,8,10,15H,(H,16,17). The predicted octanol–water partition coefficient (Wildman–Crippen LogP) is 1.13. The molecule has 1 atom stereocenters. The molecule has 1 aromatic rings. The van der Waals surface area contributed by atoms with Gasteiger partial charge in [0.25, 0.3) is 5.69 Å². The molecule has 10 heteroatoms. The molecule has 0 aliphatic carbocycles. The number of carbonyl (C=O) groups excluding carboxylic acids is 1. The van der Waals surface area contributed by atoms with Crippen LogP contribution in [0.3, 0.4) is 0 Å². The molecule has 0 spiro atoms. The second kappa shape index (κ2) is 6.02. The van der Waals surface area contributed by atoms with Gasteiger partial charge in [-0.05, 0) is 6.07 Å². The van der Waals surface area contributed by atoms with Crippen molar-refractivity contribution in [3.63, 3.8) is 0 Å². The summed E-state index contributed by atoms with van der Waals surface area (Å²) in [6, 6.07) is 1.16. The molecule has 1 aromatic carbocycles. The maximum atomic E-state index is 12.1. The number of alkyl halides is 2. The Morgan fingerprint density at radius 2 is 2.05 bits per heavy atom. The number of rotatable bonds is 6. The number of nitrogens with zero attached hydrogens (tertiary/aromatic N) is 1. The van der Waals surface area contributed by atoms with Crippen molar-refractivity contribution < 1.29 is 38.2 Å². The first-order valence-corrected chi connectivity index (χ1v) is 4.91. The Hall–Kier alpha value is -2.62. The molecule has 0 saturated heterocycles. The van der Waals surface area contributed by atoms with Crippen molar-refractivity contribution in [2.75, 3.05) is 0 Å². The van der Waals surface area contributed by atoms with Crippen LogP contribution in [0.5, 0.6) is 5.75 Å². The third-order valence-corrected chi connectivity index (χ3v) is 2.23. The van der Waals surface area contributed by atoms with Gasteiger partial charge in [0.05, 0.1) is 16.6 Å². The summed E-state index contributed by atoms with van der Waals surface area (Å²) in [7, 11) is 0. The smallest absolute Gasteiger partial charge is 0.387 e. The number of carboxylic acid groups (broad SMARTS) is 1. The number of hydrogen-bond donors (Lipinski definition) is 2. The maximum absolute atomic E-state index is 12.1. The van der Waals surface area contributed by atoms with Crippen LogP contribution in [0.25, 0.3) is 0 Å². The number of aldehydes is 1. The van der Waals surface area contributed by atoms with E-state index in [0.717, 1.165) is 0 Å². The van der Waals surface area contributed by atoms with Crippen LogP contribution in [0.2, 0.25) is 0 Å². The van der Waals surface area contributed by atoms with E-state index in [1.54, 1.807) is 0 Å². The van der Waals surface area contributed by atoms with Gasteiger partial charge in [0.2, 0.25) is 0 Å². The number of nitro groups is 1. The van der Waals surface area contributed by atoms with E-state index in [4.69, 9.17) is 5.11 Å². The van der Waals surface area contributed by atoms with Gasteiger partial charge >= 0.3 is 12.6 Å². The number of aliphatic hydroxyl groups is 1. The fourth-order valence-electron chi connectivity index (χ4n) is 1.44. The van der Waals surface area contributed by atoms with Gasteiger partial charge in [0, 0.05) is 5.56 Å². The Balaban J connectivity index is 3.52. The van der Waals surface area contributed by atoms with Crippen LogP contribution in [-0.4, -0.2) is 34.0 Å². The first-order valence-electron chi connectivity index (χ1n) is 4.91. The fourth-order valence-corrected chi connectivity index (χ4v) is 1.44. The van der Waals surface area contributed by atoms with Gasteiger partial charge in [-0.15, -0.1) is 0 Å². The van der Waals surface area contributed by atoms with Crippen molar-refractivity contribution in [3.8, 4) is 5.75 Å². The summed E-state index contributed by atoms with van der Waals surface area (Å²) in [4.78, 5) is 31.1. The van der Waals surface area contributed by atoms with E-state index in [2.05, 4.69) is 4.74 Å². The molecule has 1 rings (SSSR count). The second-order valence-corrected chi connectivity index (χ2v) is 3.44. The third-order valence-electron chi connectivity index (χ3n) is 2.23. The summed E-state index contributed by atoms with van der Waals surface area (Å²) in [5, 5.41) is 28.7. The number of aliphatic hydroxyl groups excluding tert-OH is 1. The normalized spacial score (nSPS) is 12.0. The Bertz CT molecular complexity index is 561. The van der Waals surface area contributed by atoms with Gasteiger partial charge in [0.1, 0.15) is 5.75 Å². The topological polar surface area (TPSA) is 127 Å². The van der Waals surface area contributed by atoms with Crippen LogP contribution in [0.1, 0.15) is 22.0 Å². The van der Waals surface area contributed by atoms with Crippen LogP contribution in [-0.2, 0) is 4.79 Å². The van der Waals surface area contributed by atoms with Crippen molar-refractivity contribution >= 4 is 17.9 Å². The Kier molecular flexibility index (Phi) is 4.64. The van der Waals surface area contributed by atoms with Crippen LogP contribution in [0.15, 0.2) is 12.1 Å². The number of nitro benzene ring substituents is 1. The lowest BCUT2D eigenvalue weighted by atomic mass is 10.0. The highest BCUT2D eigenvalue weighted by Crippen LogP contribution is 2.32. The summed E-state index contributed by atoms with van der Waals surface area (Å²) < 4.78 is 28.1. The lowest BCUT2D eigenvalue weighted by Gasteiger charge is -2.12. The van der Waals surface area contributed by atoms with E-state index in [1.165, 1.54) is 0 Å². The highest BCUT2D eigenvalue weighted by Gasteiger charge is 2.28. The average Bonchev–Trinajstić information content (AvgIpc) is 2.35. The van der Waals surface area contributed by atoms with Crippen molar-refractivity contribution in [2.45, 2.75) is 12.7 Å². The number of carboxylic acids is 1. The van der Waals surface area contributed by atoms with Gasteiger partial charge < -0.3 is 14.9 Å². The number of halogens is 2. The molecule has 0 saturated carbocycles. The summed E-state index contributed by atoms with van der Waals surface area (Å²) in [5.41, 5.74) is -2.39. The molecule has 0 radical (unpaired) electrons. The Morgan fingerprint density at radius 1 is 1.45 bits per heavy atom. The van der Waals surface area contributed by atoms with E-state index in [0.29, 0.717) is 12.1 Å². The Labute approximate surface area is 109 Å². The van der Waals surface area contributed by atoms with Crippen LogP contribution < -0.4 is 4.74 Å². The van der Waals surface area contributed by atoms with Crippen LogP contribution >= 0.6 is 0 Å². The summed E-state index contributed by atoms with van der Waals surface area (Å²) >= 11 is 0. The monoisotopic (exact) mass is 291 g/mol. The first-order chi connectivity index (χ1) is 9.27. The molecule has 0 aliphatic heterocycles. The highest BCUT2D eigenvalue weighted by atomic mass is 19.3. The maximum Gasteiger partial charge on any atom is 0.387 e. The van der Waals surface area contributed by atoms with Gasteiger partial charge in [-0.3, -0.25) is 14.9 Å². The second-order valence-electron chi connectivity index (χ2n) is 3.44. The molecular weight excluding hydrogens is 284 g/mol. The SMILES string of the molecule is O=Cc1c(C(O)C(=O)O)cc(OC(F)F)cc1[N+](=O)[O-]. The van der Waals surface area contributed by atoms with Crippen LogP contribution in [0.4, 0.5) is 14.5 Å². The molecule has 0 heterocycles. The van der Waals surface area contributed by atoms with Crippen molar-refractivity contribution in [3.05, 3.63) is 33.4 Å². The number of hydrogen-bond acceptors (Lipinski definition) is 6. The molecule has 0 fully saturated rings. The minimum absolute atomic E-state index is 0.0498. The van der Waals surface area contributed by atoms with Crippen LogP contribution in [0, 0.1) is 10.1 Å². The molecule has 8 nitrogen and oxygen atoms in total. The highest BCUT2D eigenvalue weighted by molar-refractivity contribution is 5.88. The lowest BCUT2D eigenvalue weighted by molar-refractivity contribution is -0.385. The van der Waals surface area contributed by atoms with E-state index >= 15 is 0 Å². The Morgan fingerprint density at radius 3 is 2.45 bits per heavy atom. The van der Waals surface area contributed by atoms with Crippen molar-refractivity contribution in [2.24, 2.45) is 0 Å². The molecule has 2 N–H and O–H groups in total. The van der Waals surface area contributed by atoms with E-state index in [-0.39, 0.29) is 6.29 Å². The fraction of sp³-hybridized carbons (Fsp3) is 0.200. The number of ether oxygens (including phenoxy) is 1. The summed E-state index contributed by atoms with van der Waals surface area (Å²) in [6.07, 6.45) is -2.35. The molecule has 108 valence electrons. The number of aliphatic carboxylic acids is 1. The largest absolute Gasteiger partial charge is 0.479 e. The zero-order valence-corrected chi connectivity index (χ0v) is 9.53. The minimum atomic E-state index is -3.31. The molecule has 0 bridgehead atoms. The zero-order valence-electron chi connectivity index (χ0n) is 9.53. The van der Waals surface area contributed by atoms with E-state index in [1.807, 2.05) is 0 Å². The average molecular weight is 291 g/mol. The first kappa shape index (κ1) is 15.4. The molecule has 0 amide bonds. The van der Waals surface area contributed by atoms with E-state index in [9.17, 15) is 33.6 Å². The molecule has 1 unspecified atom stereocenters. The van der Waals surface area contributed by atoms with Crippen molar-refractivity contribution in [1.29, 1.82) is 0 Å². The molecule has 0 aromatic heterocycles. The van der Waals surface area contributed by atoms with Gasteiger partial charge in [0.15, 0.2) is 12.4 Å². The minimum Gasteiger partial charge on any atom is -0.479 e. The molecule has 0 aliphatic rings. The quantitative estimate of drug-likeness (QED) is 0.456. The predicted molar refractivity (Wildman–Crippen MR) is 57.7 cm³/mol. The van der Waals surface area contributed by atoms with Crippen molar-refractivity contribution in [1.82, 2.24) is 0 Å². The zero-order chi connectivity index (χ0) is 15.4. The molecular formula is C10H7F2NO7. The van der Waals surface area contributed by atoms with Gasteiger partial charge in [-0.25, -0.2) is 4.79 Å². The lowest BCUT2D eigenvalue weighted by Crippen LogP contribution is -2.14. The summed E-state index contributed by atoms with van der Waals surface area (Å²) in [6.45, 7) is -3.31. The van der Waals surface area contributed by atoms with Gasteiger partial charge in [-0.2, -0.15) is 8.78 Å². The molecule has 20 heavy (non-hydrogen) atoms. The summed E-state index contributed by atoms with van der Waals surface area (Å²) in [5.74, 6) is -2.55. The third kappa shape index (κ3) is 3.23. The van der Waals surface area contributed by atoms with Gasteiger partial charge in [-0.1, -0.05) is 0 Å². The number of benzene rings is 1. The van der Waals surface area contributed by atoms with E-state index < -0.39 is 46.2 Å². The number of carbonyl (C=O) groups is 2.